The summed E-state index contributed by atoms with van der Waals surface area (Å²) in [6.45, 7) is 6.29. The van der Waals surface area contributed by atoms with Crippen LogP contribution in [0.25, 0.3) is 0 Å². The largest absolute Gasteiger partial charge is 0.409 e. The Balaban J connectivity index is 2.66. The first-order chi connectivity index (χ1) is 7.97. The average molecular weight is 243 g/mol. The van der Waals surface area contributed by atoms with E-state index in [4.69, 9.17) is 15.7 Å². The van der Waals surface area contributed by atoms with Crippen molar-refractivity contribution in [3.63, 3.8) is 0 Å². The van der Waals surface area contributed by atoms with Crippen molar-refractivity contribution in [2.75, 3.05) is 6.61 Å². The van der Waals surface area contributed by atoms with Gasteiger partial charge in [0.1, 0.15) is 5.92 Å². The summed E-state index contributed by atoms with van der Waals surface area (Å²) in [6.07, 6.45) is 0.813. The molecule has 0 radical (unpaired) electrons. The minimum absolute atomic E-state index is 0.00948. The highest BCUT2D eigenvalue weighted by Gasteiger charge is 2.32. The van der Waals surface area contributed by atoms with Crippen molar-refractivity contribution in [3.05, 3.63) is 0 Å². The van der Waals surface area contributed by atoms with Gasteiger partial charge in [-0.05, 0) is 19.3 Å². The fourth-order valence-corrected chi connectivity index (χ4v) is 2.03. The van der Waals surface area contributed by atoms with Crippen LogP contribution in [-0.4, -0.2) is 35.7 Å². The number of amides is 1. The van der Waals surface area contributed by atoms with Gasteiger partial charge in [-0.2, -0.15) is 0 Å². The normalized spacial score (nSPS) is 27.2. The summed E-state index contributed by atoms with van der Waals surface area (Å²) in [5, 5.41) is 14.5. The summed E-state index contributed by atoms with van der Waals surface area (Å²) in [7, 11) is 0. The SMILES string of the molecule is CC(C)C(C(=O)NC1CCOC1C)C(N)=NO. The molecular formula is C11H21N3O3. The lowest BCUT2D eigenvalue weighted by molar-refractivity contribution is -0.125. The van der Waals surface area contributed by atoms with Gasteiger partial charge >= 0.3 is 0 Å². The zero-order chi connectivity index (χ0) is 13.0. The second-order valence-corrected chi connectivity index (χ2v) is 4.73. The van der Waals surface area contributed by atoms with Crippen molar-refractivity contribution >= 4 is 11.7 Å². The maximum Gasteiger partial charge on any atom is 0.231 e. The molecule has 4 N–H and O–H groups in total. The number of rotatable bonds is 4. The number of nitrogens with zero attached hydrogens (tertiary/aromatic N) is 1. The minimum atomic E-state index is -0.604. The lowest BCUT2D eigenvalue weighted by atomic mass is 9.93. The zero-order valence-corrected chi connectivity index (χ0v) is 10.5. The predicted molar refractivity (Wildman–Crippen MR) is 63.7 cm³/mol. The van der Waals surface area contributed by atoms with Crippen molar-refractivity contribution in [2.45, 2.75) is 39.3 Å². The Hall–Kier alpha value is -1.30. The summed E-state index contributed by atoms with van der Waals surface area (Å²) < 4.78 is 5.37. The van der Waals surface area contributed by atoms with E-state index in [1.807, 2.05) is 20.8 Å². The van der Waals surface area contributed by atoms with E-state index in [2.05, 4.69) is 10.5 Å². The van der Waals surface area contributed by atoms with E-state index in [0.717, 1.165) is 6.42 Å². The Labute approximate surface area is 101 Å². The van der Waals surface area contributed by atoms with E-state index in [1.165, 1.54) is 0 Å². The Morgan fingerprint density at radius 2 is 2.24 bits per heavy atom. The van der Waals surface area contributed by atoms with Gasteiger partial charge in [-0.25, -0.2) is 0 Å². The number of ether oxygens (including phenoxy) is 1. The number of oxime groups is 1. The number of carbonyl (C=O) groups excluding carboxylic acids is 1. The van der Waals surface area contributed by atoms with Crippen LogP contribution < -0.4 is 11.1 Å². The molecule has 0 aromatic heterocycles. The highest BCUT2D eigenvalue weighted by atomic mass is 16.5. The smallest absolute Gasteiger partial charge is 0.231 e. The number of hydrogen-bond donors (Lipinski definition) is 3. The van der Waals surface area contributed by atoms with Gasteiger partial charge in [0.25, 0.3) is 0 Å². The van der Waals surface area contributed by atoms with E-state index in [9.17, 15) is 4.79 Å². The van der Waals surface area contributed by atoms with Crippen molar-refractivity contribution in [2.24, 2.45) is 22.7 Å². The van der Waals surface area contributed by atoms with Crippen LogP contribution in [-0.2, 0) is 9.53 Å². The third-order valence-corrected chi connectivity index (χ3v) is 3.09. The van der Waals surface area contributed by atoms with E-state index < -0.39 is 5.92 Å². The Morgan fingerprint density at radius 1 is 1.59 bits per heavy atom. The maximum atomic E-state index is 12.0. The fraction of sp³-hybridized carbons (Fsp3) is 0.818. The molecular weight excluding hydrogens is 222 g/mol. The Bertz CT molecular complexity index is 304. The molecule has 17 heavy (non-hydrogen) atoms. The molecule has 0 aliphatic carbocycles. The molecule has 1 fully saturated rings. The van der Waals surface area contributed by atoms with Crippen molar-refractivity contribution in [1.29, 1.82) is 0 Å². The van der Waals surface area contributed by atoms with E-state index in [-0.39, 0.29) is 29.8 Å². The standard InChI is InChI=1S/C11H21N3O3/c1-6(2)9(10(12)14-16)11(15)13-8-4-5-17-7(8)3/h6-9,16H,4-5H2,1-3H3,(H2,12,14)(H,13,15). The van der Waals surface area contributed by atoms with Gasteiger partial charge in [0.2, 0.25) is 5.91 Å². The van der Waals surface area contributed by atoms with Crippen LogP contribution in [0, 0.1) is 11.8 Å². The predicted octanol–water partition coefficient (Wildman–Crippen LogP) is 0.299. The molecule has 1 saturated heterocycles. The molecule has 6 heteroatoms. The molecule has 98 valence electrons. The summed E-state index contributed by atoms with van der Waals surface area (Å²) >= 11 is 0. The van der Waals surface area contributed by atoms with Gasteiger partial charge < -0.3 is 21.0 Å². The first-order valence-electron chi connectivity index (χ1n) is 5.86. The van der Waals surface area contributed by atoms with Crippen molar-refractivity contribution in [1.82, 2.24) is 5.32 Å². The highest BCUT2D eigenvalue weighted by molar-refractivity contribution is 6.02. The number of amidine groups is 1. The Kier molecular flexibility index (Phi) is 4.74. The topological polar surface area (TPSA) is 96.9 Å². The van der Waals surface area contributed by atoms with E-state index in [0.29, 0.717) is 6.61 Å². The summed E-state index contributed by atoms with van der Waals surface area (Å²) in [5.41, 5.74) is 5.54. The van der Waals surface area contributed by atoms with E-state index in [1.54, 1.807) is 0 Å². The molecule has 0 spiro atoms. The molecule has 1 amide bonds. The number of nitrogens with one attached hydrogen (secondary N) is 1. The van der Waals surface area contributed by atoms with Gasteiger partial charge in [-0.1, -0.05) is 19.0 Å². The van der Waals surface area contributed by atoms with Gasteiger partial charge in [-0.3, -0.25) is 4.79 Å². The first kappa shape index (κ1) is 13.8. The van der Waals surface area contributed by atoms with Crippen LogP contribution in [0.15, 0.2) is 5.16 Å². The van der Waals surface area contributed by atoms with Crippen LogP contribution in [0.3, 0.4) is 0 Å². The fourth-order valence-electron chi connectivity index (χ4n) is 2.03. The number of hydrogen-bond acceptors (Lipinski definition) is 4. The lowest BCUT2D eigenvalue weighted by Crippen LogP contribution is -2.47. The second kappa shape index (κ2) is 5.86. The zero-order valence-electron chi connectivity index (χ0n) is 10.5. The number of nitrogens with two attached hydrogens (primary N) is 1. The molecule has 1 aliphatic heterocycles. The molecule has 3 atom stereocenters. The molecule has 1 rings (SSSR count). The maximum absolute atomic E-state index is 12.0. The molecule has 1 heterocycles. The van der Waals surface area contributed by atoms with Crippen LogP contribution in [0.4, 0.5) is 0 Å². The summed E-state index contributed by atoms with van der Waals surface area (Å²) in [6, 6.07) is 0.00948. The van der Waals surface area contributed by atoms with Crippen LogP contribution in [0.1, 0.15) is 27.2 Å². The van der Waals surface area contributed by atoms with Crippen LogP contribution in [0.2, 0.25) is 0 Å². The quantitative estimate of drug-likeness (QED) is 0.286. The van der Waals surface area contributed by atoms with Gasteiger partial charge in [0.15, 0.2) is 5.84 Å². The molecule has 0 bridgehead atoms. The van der Waals surface area contributed by atoms with Crippen molar-refractivity contribution < 1.29 is 14.7 Å². The lowest BCUT2D eigenvalue weighted by Gasteiger charge is -2.22. The molecule has 0 aromatic carbocycles. The molecule has 0 saturated carbocycles. The third-order valence-electron chi connectivity index (χ3n) is 3.09. The van der Waals surface area contributed by atoms with Gasteiger partial charge in [0.05, 0.1) is 12.1 Å². The van der Waals surface area contributed by atoms with Gasteiger partial charge in [0, 0.05) is 6.61 Å². The van der Waals surface area contributed by atoms with Crippen LogP contribution >= 0.6 is 0 Å². The minimum Gasteiger partial charge on any atom is -0.409 e. The molecule has 3 unspecified atom stereocenters. The highest BCUT2D eigenvalue weighted by Crippen LogP contribution is 2.16. The third kappa shape index (κ3) is 3.33. The van der Waals surface area contributed by atoms with E-state index >= 15 is 0 Å². The molecule has 6 nitrogen and oxygen atoms in total. The number of carbonyl (C=O) groups is 1. The van der Waals surface area contributed by atoms with Crippen molar-refractivity contribution in [3.8, 4) is 0 Å². The molecule has 1 aliphatic rings. The van der Waals surface area contributed by atoms with Crippen LogP contribution in [0.5, 0.6) is 0 Å². The average Bonchev–Trinajstić information content (AvgIpc) is 2.63. The molecule has 0 aromatic rings. The first-order valence-corrected chi connectivity index (χ1v) is 5.86. The second-order valence-electron chi connectivity index (χ2n) is 4.73. The Morgan fingerprint density at radius 3 is 2.65 bits per heavy atom. The van der Waals surface area contributed by atoms with Gasteiger partial charge in [-0.15, -0.1) is 0 Å². The monoisotopic (exact) mass is 243 g/mol. The summed E-state index contributed by atoms with van der Waals surface area (Å²) in [4.78, 5) is 12.0. The summed E-state index contributed by atoms with van der Waals surface area (Å²) in [5.74, 6) is -0.891.